The van der Waals surface area contributed by atoms with Gasteiger partial charge in [-0.1, -0.05) is 32.9 Å². The van der Waals surface area contributed by atoms with Gasteiger partial charge in [-0.05, 0) is 30.3 Å². The van der Waals surface area contributed by atoms with E-state index in [0.29, 0.717) is 5.75 Å². The van der Waals surface area contributed by atoms with E-state index in [2.05, 4.69) is 33.9 Å². The van der Waals surface area contributed by atoms with Crippen molar-refractivity contribution in [1.82, 2.24) is 0 Å². The van der Waals surface area contributed by atoms with Crippen molar-refractivity contribution in [2.75, 3.05) is 6.61 Å². The first-order valence-corrected chi connectivity index (χ1v) is 9.81. The fourth-order valence-corrected chi connectivity index (χ4v) is 2.38. The highest BCUT2D eigenvalue weighted by Crippen LogP contribution is 2.39. The van der Waals surface area contributed by atoms with Gasteiger partial charge in [0.05, 0.1) is 6.61 Å². The van der Waals surface area contributed by atoms with Crippen LogP contribution in [-0.2, 0) is 0 Å². The topological polar surface area (TPSA) is 58.9 Å². The fourth-order valence-electron chi connectivity index (χ4n) is 1.36. The summed E-state index contributed by atoms with van der Waals surface area (Å²) in [6.07, 6.45) is 0.175. The van der Waals surface area contributed by atoms with Gasteiger partial charge in [0.2, 0.25) is 0 Å². The van der Waals surface area contributed by atoms with Crippen LogP contribution >= 0.6 is 0 Å². The van der Waals surface area contributed by atoms with Gasteiger partial charge in [-0.25, -0.2) is 0 Å². The molecule has 1 rings (SSSR count). The Balaban J connectivity index is 2.80. The highest BCUT2D eigenvalue weighted by atomic mass is 28.4. The maximum atomic E-state index is 8.84. The van der Waals surface area contributed by atoms with E-state index >= 15 is 0 Å². The van der Waals surface area contributed by atoms with Crippen molar-refractivity contribution in [2.24, 2.45) is 0 Å². The molecule has 0 unspecified atom stereocenters. The second kappa shape index (κ2) is 6.65. The summed E-state index contributed by atoms with van der Waals surface area (Å²) in [5.74, 6) is 1.38. The molecule has 4 nitrogen and oxygen atoms in total. The molecule has 0 aliphatic rings. The lowest BCUT2D eigenvalue weighted by Crippen LogP contribution is -2.43. The number of ether oxygens (including phenoxy) is 1. The summed E-state index contributed by atoms with van der Waals surface area (Å²) < 4.78 is 11.8. The van der Waals surface area contributed by atoms with Gasteiger partial charge in [0.15, 0.2) is 5.75 Å². The lowest BCUT2D eigenvalue weighted by Gasteiger charge is -2.36. The van der Waals surface area contributed by atoms with Crippen molar-refractivity contribution in [1.29, 1.82) is 0 Å². The minimum atomic E-state index is -1.92. The molecular weight excluding hydrogens is 271 g/mol. The van der Waals surface area contributed by atoms with E-state index in [1.165, 1.54) is 0 Å². The number of rotatable bonds is 6. The van der Waals surface area contributed by atoms with E-state index in [4.69, 9.17) is 19.2 Å². The third-order valence-corrected chi connectivity index (χ3v) is 8.00. The first-order chi connectivity index (χ1) is 9.13. The zero-order chi connectivity index (χ0) is 15.4. The molecule has 112 valence electrons. The second-order valence-electron chi connectivity index (χ2n) is 6.43. The van der Waals surface area contributed by atoms with E-state index in [9.17, 15) is 0 Å². The van der Waals surface area contributed by atoms with E-state index in [1.807, 2.05) is 24.3 Å². The molecule has 0 aliphatic carbocycles. The number of hydrogen-bond donors (Lipinski definition) is 2. The lowest BCUT2D eigenvalue weighted by atomic mass is 9.87. The summed E-state index contributed by atoms with van der Waals surface area (Å²) in [6, 6.07) is 7.52. The van der Waals surface area contributed by atoms with Crippen molar-refractivity contribution in [2.45, 2.75) is 45.2 Å². The number of para-hydroxylation sites is 2. The molecule has 0 spiro atoms. The number of benzene rings is 1. The fraction of sp³-hybridized carbons (Fsp3) is 0.571. The minimum Gasteiger partial charge on any atom is -0.541 e. The minimum absolute atomic E-state index is 0.113. The van der Waals surface area contributed by atoms with Crippen LogP contribution in [-0.4, -0.2) is 32.1 Å². The van der Waals surface area contributed by atoms with Crippen LogP contribution in [0.5, 0.6) is 11.5 Å². The van der Waals surface area contributed by atoms with Gasteiger partial charge in [0.1, 0.15) is 5.75 Å². The summed E-state index contributed by atoms with van der Waals surface area (Å²) >= 11 is 0. The molecule has 0 heterocycles. The molecule has 1 aromatic rings. The molecule has 1 aromatic carbocycles. The van der Waals surface area contributed by atoms with Gasteiger partial charge in [-0.3, -0.25) is 0 Å². The molecule has 0 radical (unpaired) electrons. The molecule has 0 fully saturated rings. The third kappa shape index (κ3) is 4.85. The third-order valence-electron chi connectivity index (χ3n) is 3.65. The Kier molecular flexibility index (Phi) is 5.68. The van der Waals surface area contributed by atoms with Crippen molar-refractivity contribution in [3.63, 3.8) is 0 Å². The van der Waals surface area contributed by atoms with Crippen molar-refractivity contribution < 1.29 is 19.2 Å². The Labute approximate surface area is 123 Å². The Morgan fingerprint density at radius 2 is 1.65 bits per heavy atom. The molecule has 0 saturated heterocycles. The standard InChI is InChI=1S/C14H25BO4Si/c1-14(2,3)20(4,5)19-13-9-7-6-8-12(13)18-11-10-15(16)17/h6-9,16-17H,10-11H2,1-5H3. The van der Waals surface area contributed by atoms with Crippen LogP contribution in [0.1, 0.15) is 20.8 Å². The van der Waals surface area contributed by atoms with Crippen LogP contribution < -0.4 is 9.16 Å². The Bertz CT molecular complexity index is 429. The summed E-state index contributed by atoms with van der Waals surface area (Å²) in [4.78, 5) is 0. The maximum absolute atomic E-state index is 8.84. The highest BCUT2D eigenvalue weighted by molar-refractivity contribution is 6.74. The largest absolute Gasteiger partial charge is 0.541 e. The highest BCUT2D eigenvalue weighted by Gasteiger charge is 2.39. The van der Waals surface area contributed by atoms with Gasteiger partial charge in [0.25, 0.3) is 8.32 Å². The monoisotopic (exact) mass is 296 g/mol. The molecule has 0 aromatic heterocycles. The Hall–Kier alpha value is -0.978. The average molecular weight is 296 g/mol. The molecule has 0 atom stereocenters. The molecule has 6 heteroatoms. The predicted molar refractivity (Wildman–Crippen MR) is 84.8 cm³/mol. The molecule has 2 N–H and O–H groups in total. The van der Waals surface area contributed by atoms with Crippen LogP contribution in [0.15, 0.2) is 24.3 Å². The first-order valence-electron chi connectivity index (χ1n) is 6.90. The SMILES string of the molecule is CC(C)(C)[Si](C)(C)Oc1ccccc1OCCB(O)O. The molecule has 0 saturated carbocycles. The molecular formula is C14H25BO4Si. The zero-order valence-corrected chi connectivity index (χ0v) is 14.0. The van der Waals surface area contributed by atoms with E-state index in [1.54, 1.807) is 0 Å². The van der Waals surface area contributed by atoms with Crippen LogP contribution in [0.4, 0.5) is 0 Å². The van der Waals surface area contributed by atoms with Crippen LogP contribution in [0.25, 0.3) is 0 Å². The van der Waals surface area contributed by atoms with Gasteiger partial charge < -0.3 is 19.2 Å². The second-order valence-corrected chi connectivity index (χ2v) is 11.2. The van der Waals surface area contributed by atoms with Crippen LogP contribution in [0, 0.1) is 0 Å². The van der Waals surface area contributed by atoms with Crippen molar-refractivity contribution in [3.8, 4) is 11.5 Å². The summed E-state index contributed by atoms with van der Waals surface area (Å²) in [5.41, 5.74) is 0. The lowest BCUT2D eigenvalue weighted by molar-refractivity contribution is 0.306. The van der Waals surface area contributed by atoms with Crippen LogP contribution in [0.2, 0.25) is 24.5 Å². The smallest absolute Gasteiger partial charge is 0.454 e. The van der Waals surface area contributed by atoms with Crippen LogP contribution in [0.3, 0.4) is 0 Å². The number of hydrogen-bond acceptors (Lipinski definition) is 4. The maximum Gasteiger partial charge on any atom is 0.454 e. The quantitative estimate of drug-likeness (QED) is 0.792. The normalized spacial score (nSPS) is 12.2. The van der Waals surface area contributed by atoms with E-state index in [-0.39, 0.29) is 18.0 Å². The van der Waals surface area contributed by atoms with E-state index < -0.39 is 15.4 Å². The molecule has 0 amide bonds. The van der Waals surface area contributed by atoms with E-state index in [0.717, 1.165) is 5.75 Å². The van der Waals surface area contributed by atoms with Gasteiger partial charge >= 0.3 is 7.12 Å². The van der Waals surface area contributed by atoms with Crippen molar-refractivity contribution >= 4 is 15.4 Å². The zero-order valence-electron chi connectivity index (χ0n) is 13.0. The molecule has 0 bridgehead atoms. The first kappa shape index (κ1) is 17.1. The summed E-state index contributed by atoms with van der Waals surface area (Å²) in [5, 5.41) is 17.8. The van der Waals surface area contributed by atoms with Gasteiger partial charge in [0, 0.05) is 6.32 Å². The molecule has 20 heavy (non-hydrogen) atoms. The van der Waals surface area contributed by atoms with Crippen molar-refractivity contribution in [3.05, 3.63) is 24.3 Å². The van der Waals surface area contributed by atoms with Gasteiger partial charge in [-0.15, -0.1) is 0 Å². The summed E-state index contributed by atoms with van der Waals surface area (Å²) in [7, 11) is -3.26. The predicted octanol–water partition coefficient (Wildman–Crippen LogP) is 2.92. The Morgan fingerprint density at radius 3 is 2.15 bits per heavy atom. The molecule has 0 aliphatic heterocycles. The summed E-state index contributed by atoms with van der Waals surface area (Å²) in [6.45, 7) is 11.2. The van der Waals surface area contributed by atoms with Gasteiger partial charge in [-0.2, -0.15) is 0 Å². The average Bonchev–Trinajstić information content (AvgIpc) is 2.29. The Morgan fingerprint density at radius 1 is 1.10 bits per heavy atom.